The summed E-state index contributed by atoms with van der Waals surface area (Å²) in [4.78, 5) is 29.0. The van der Waals surface area contributed by atoms with E-state index in [0.717, 1.165) is 51.7 Å². The first-order valence-corrected chi connectivity index (χ1v) is 10.0. The van der Waals surface area contributed by atoms with Gasteiger partial charge in [-0.1, -0.05) is 19.3 Å². The summed E-state index contributed by atoms with van der Waals surface area (Å²) in [6, 6.07) is 0.766. The first kappa shape index (κ1) is 18.5. The van der Waals surface area contributed by atoms with Crippen LogP contribution in [0.3, 0.4) is 0 Å². The molecule has 142 valence electrons. The molecule has 3 rings (SSSR count). The van der Waals surface area contributed by atoms with Crippen molar-refractivity contribution in [1.82, 2.24) is 15.1 Å². The number of piperidine rings is 2. The van der Waals surface area contributed by atoms with Crippen LogP contribution in [0.25, 0.3) is 0 Å². The number of ether oxygens (including phenoxy) is 1. The van der Waals surface area contributed by atoms with Gasteiger partial charge in [0.25, 0.3) is 0 Å². The fourth-order valence-electron chi connectivity index (χ4n) is 4.72. The van der Waals surface area contributed by atoms with E-state index in [1.165, 1.54) is 19.3 Å². The molecule has 2 heterocycles. The summed E-state index contributed by atoms with van der Waals surface area (Å²) in [5, 5.41) is 3.24. The molecule has 0 aromatic carbocycles. The van der Waals surface area contributed by atoms with Crippen molar-refractivity contribution in [1.29, 1.82) is 0 Å². The van der Waals surface area contributed by atoms with Crippen LogP contribution in [0.15, 0.2) is 0 Å². The van der Waals surface area contributed by atoms with Crippen LogP contribution in [0.2, 0.25) is 0 Å². The number of nitrogens with zero attached hydrogens (tertiary/aromatic N) is 2. The fraction of sp³-hybridized carbons (Fsp3) is 0.895. The molecule has 0 spiro atoms. The topological polar surface area (TPSA) is 61.9 Å². The van der Waals surface area contributed by atoms with Gasteiger partial charge in [-0.15, -0.1) is 0 Å². The molecular formula is C19H33N3O3. The summed E-state index contributed by atoms with van der Waals surface area (Å²) >= 11 is 0. The Morgan fingerprint density at radius 3 is 2.76 bits per heavy atom. The highest BCUT2D eigenvalue weighted by molar-refractivity contribution is 5.78. The molecule has 2 aliphatic heterocycles. The van der Waals surface area contributed by atoms with Crippen molar-refractivity contribution in [2.45, 2.75) is 69.9 Å². The quantitative estimate of drug-likeness (QED) is 0.774. The molecule has 0 aromatic heterocycles. The number of carbonyl (C=O) groups excluding carboxylic acids is 2. The Labute approximate surface area is 151 Å². The van der Waals surface area contributed by atoms with Gasteiger partial charge in [-0.2, -0.15) is 0 Å². The Bertz CT molecular complexity index is 465. The summed E-state index contributed by atoms with van der Waals surface area (Å²) in [6.07, 6.45) is 9.32. The number of likely N-dealkylation sites (tertiary alicyclic amines) is 2. The summed E-state index contributed by atoms with van der Waals surface area (Å²) in [5.74, 6) is 0.698. The van der Waals surface area contributed by atoms with Gasteiger partial charge in [0.2, 0.25) is 5.91 Å². The van der Waals surface area contributed by atoms with Crippen molar-refractivity contribution < 1.29 is 14.3 Å². The average molecular weight is 351 g/mol. The van der Waals surface area contributed by atoms with E-state index in [1.54, 1.807) is 7.11 Å². The number of amides is 3. The SMILES string of the molecule is COCCCN1C(=O)CC[C@@H]2CN(C(=O)NC3CCCCC3)CC[C@@H]21. The number of methoxy groups -OCH3 is 1. The second-order valence-electron chi connectivity index (χ2n) is 7.82. The van der Waals surface area contributed by atoms with Crippen molar-refractivity contribution in [3.05, 3.63) is 0 Å². The standard InChI is InChI=1S/C19H33N3O3/c1-25-13-5-11-22-17-10-12-21(14-15(17)8-9-18(22)23)19(24)20-16-6-3-2-4-7-16/h15-17H,2-14H2,1H3,(H,20,24)/t15-,17+/m1/s1. The zero-order chi connectivity index (χ0) is 17.6. The minimum absolute atomic E-state index is 0.105. The number of nitrogens with one attached hydrogen (secondary N) is 1. The van der Waals surface area contributed by atoms with Crippen molar-refractivity contribution in [3.63, 3.8) is 0 Å². The largest absolute Gasteiger partial charge is 0.385 e. The number of hydrogen-bond donors (Lipinski definition) is 1. The molecule has 3 fully saturated rings. The Morgan fingerprint density at radius 2 is 2.00 bits per heavy atom. The van der Waals surface area contributed by atoms with E-state index < -0.39 is 0 Å². The summed E-state index contributed by atoms with van der Waals surface area (Å²) in [6.45, 7) is 3.02. The van der Waals surface area contributed by atoms with E-state index in [0.29, 0.717) is 31.0 Å². The van der Waals surface area contributed by atoms with Crippen LogP contribution in [0.5, 0.6) is 0 Å². The molecule has 3 aliphatic rings. The van der Waals surface area contributed by atoms with E-state index in [-0.39, 0.29) is 11.9 Å². The van der Waals surface area contributed by atoms with Gasteiger partial charge in [0.15, 0.2) is 0 Å². The minimum Gasteiger partial charge on any atom is -0.385 e. The lowest BCUT2D eigenvalue weighted by Crippen LogP contribution is -2.58. The van der Waals surface area contributed by atoms with E-state index in [9.17, 15) is 9.59 Å². The normalized spacial score (nSPS) is 28.0. The predicted molar refractivity (Wildman–Crippen MR) is 96.3 cm³/mol. The molecule has 2 atom stereocenters. The van der Waals surface area contributed by atoms with Gasteiger partial charge in [-0.05, 0) is 38.0 Å². The summed E-state index contributed by atoms with van der Waals surface area (Å²) < 4.78 is 5.13. The van der Waals surface area contributed by atoms with E-state index in [2.05, 4.69) is 10.2 Å². The molecule has 2 saturated heterocycles. The molecule has 6 heteroatoms. The van der Waals surface area contributed by atoms with E-state index in [4.69, 9.17) is 4.74 Å². The third-order valence-corrected chi connectivity index (χ3v) is 6.11. The van der Waals surface area contributed by atoms with Gasteiger partial charge in [-0.3, -0.25) is 4.79 Å². The van der Waals surface area contributed by atoms with E-state index in [1.807, 2.05) is 4.90 Å². The fourth-order valence-corrected chi connectivity index (χ4v) is 4.72. The molecule has 6 nitrogen and oxygen atoms in total. The minimum atomic E-state index is 0.105. The van der Waals surface area contributed by atoms with Crippen LogP contribution >= 0.6 is 0 Å². The zero-order valence-electron chi connectivity index (χ0n) is 15.5. The Hall–Kier alpha value is -1.30. The third kappa shape index (κ3) is 4.66. The monoisotopic (exact) mass is 351 g/mol. The first-order valence-electron chi connectivity index (χ1n) is 10.0. The lowest BCUT2D eigenvalue weighted by Gasteiger charge is -2.47. The van der Waals surface area contributed by atoms with Crippen LogP contribution in [0, 0.1) is 5.92 Å². The van der Waals surface area contributed by atoms with Gasteiger partial charge in [0.05, 0.1) is 0 Å². The number of fused-ring (bicyclic) bond motifs is 1. The molecule has 0 aromatic rings. The highest BCUT2D eigenvalue weighted by atomic mass is 16.5. The second kappa shape index (κ2) is 8.88. The average Bonchev–Trinajstić information content (AvgIpc) is 2.64. The molecule has 0 radical (unpaired) electrons. The Balaban J connectivity index is 1.52. The van der Waals surface area contributed by atoms with Crippen molar-refractivity contribution >= 4 is 11.9 Å². The maximum atomic E-state index is 12.6. The van der Waals surface area contributed by atoms with Gasteiger partial charge in [-0.25, -0.2) is 4.79 Å². The van der Waals surface area contributed by atoms with Gasteiger partial charge >= 0.3 is 6.03 Å². The highest BCUT2D eigenvalue weighted by Gasteiger charge is 2.40. The van der Waals surface area contributed by atoms with Crippen molar-refractivity contribution in [3.8, 4) is 0 Å². The maximum Gasteiger partial charge on any atom is 0.317 e. The molecule has 1 aliphatic carbocycles. The maximum absolute atomic E-state index is 12.6. The third-order valence-electron chi connectivity index (χ3n) is 6.11. The van der Waals surface area contributed by atoms with Crippen LogP contribution in [-0.2, 0) is 9.53 Å². The first-order chi connectivity index (χ1) is 12.2. The Kier molecular flexibility index (Phi) is 6.57. The molecule has 3 amide bonds. The number of hydrogen-bond acceptors (Lipinski definition) is 3. The molecular weight excluding hydrogens is 318 g/mol. The van der Waals surface area contributed by atoms with Gasteiger partial charge in [0, 0.05) is 51.9 Å². The molecule has 25 heavy (non-hydrogen) atoms. The van der Waals surface area contributed by atoms with Gasteiger partial charge in [0.1, 0.15) is 0 Å². The Morgan fingerprint density at radius 1 is 1.20 bits per heavy atom. The second-order valence-corrected chi connectivity index (χ2v) is 7.82. The zero-order valence-corrected chi connectivity index (χ0v) is 15.5. The molecule has 1 N–H and O–H groups in total. The number of rotatable bonds is 5. The van der Waals surface area contributed by atoms with Crippen LogP contribution in [0.1, 0.15) is 57.8 Å². The lowest BCUT2D eigenvalue weighted by molar-refractivity contribution is -0.140. The number of carbonyl (C=O) groups is 2. The van der Waals surface area contributed by atoms with Crippen LogP contribution in [-0.4, -0.2) is 67.2 Å². The highest BCUT2D eigenvalue weighted by Crippen LogP contribution is 2.31. The predicted octanol–water partition coefficient (Wildman–Crippen LogP) is 2.38. The van der Waals surface area contributed by atoms with Crippen molar-refractivity contribution in [2.75, 3.05) is 33.4 Å². The number of urea groups is 1. The molecule has 0 bridgehead atoms. The van der Waals surface area contributed by atoms with Gasteiger partial charge < -0.3 is 19.9 Å². The lowest BCUT2D eigenvalue weighted by atomic mass is 9.83. The van der Waals surface area contributed by atoms with E-state index >= 15 is 0 Å². The molecule has 1 saturated carbocycles. The van der Waals surface area contributed by atoms with Crippen molar-refractivity contribution in [2.24, 2.45) is 5.92 Å². The smallest absolute Gasteiger partial charge is 0.317 e. The summed E-state index contributed by atoms with van der Waals surface area (Å²) in [7, 11) is 1.70. The summed E-state index contributed by atoms with van der Waals surface area (Å²) in [5.41, 5.74) is 0. The molecule has 0 unspecified atom stereocenters. The van der Waals surface area contributed by atoms with Crippen LogP contribution in [0.4, 0.5) is 4.79 Å². The van der Waals surface area contributed by atoms with Crippen LogP contribution < -0.4 is 5.32 Å².